The van der Waals surface area contributed by atoms with Gasteiger partial charge in [0.25, 0.3) is 23.2 Å². The van der Waals surface area contributed by atoms with Crippen molar-refractivity contribution in [2.45, 2.75) is 95.4 Å². The Kier molecular flexibility index (Phi) is 13.0. The minimum absolute atomic E-state index is 0.0443. The van der Waals surface area contributed by atoms with Gasteiger partial charge in [0.1, 0.15) is 34.6 Å². The summed E-state index contributed by atoms with van der Waals surface area (Å²) >= 11 is 0. The van der Waals surface area contributed by atoms with Crippen LogP contribution in [0.2, 0.25) is 0 Å². The molecule has 324 valence electrons. The number of hydrogen-bond acceptors (Lipinski definition) is 11. The summed E-state index contributed by atoms with van der Waals surface area (Å²) in [4.78, 5) is 63.1. The van der Waals surface area contributed by atoms with Crippen LogP contribution >= 0.6 is 0 Å². The van der Waals surface area contributed by atoms with E-state index in [2.05, 4.69) is 49.6 Å². The van der Waals surface area contributed by atoms with Crippen molar-refractivity contribution in [1.82, 2.24) is 5.06 Å². The average molecular weight is 867 g/mol. The molecule has 3 aromatic rings. The summed E-state index contributed by atoms with van der Waals surface area (Å²) in [5.41, 5.74) is 4.79. The number of non-ortho nitro benzene ring substituents is 2. The molecule has 1 saturated heterocycles. The zero-order valence-corrected chi connectivity index (χ0v) is 35.9. The van der Waals surface area contributed by atoms with Crippen LogP contribution in [-0.2, 0) is 46.7 Å². The van der Waals surface area contributed by atoms with Crippen LogP contribution in [0.3, 0.4) is 0 Å². The number of carbonyl (C=O) groups is 3. The average Bonchev–Trinajstić information content (AvgIpc) is 3.71. The molecule has 1 N–H and O–H groups in total. The molecule has 1 unspecified atom stereocenters. The van der Waals surface area contributed by atoms with Crippen molar-refractivity contribution < 1.29 is 51.5 Å². The SMILES string of the molecule is Cc1ccc2c(c1)C(C)(C)C(/C=C/C=C/C=C/C=C1/[NH+](Cc3cc([N+](=O)[O-])cc([N+](=O)[O-])c3)c3ccc(S(=O)(=O)[O-])cc3C1(C)C)=[N+]2CCCCCC(=O)ON1C(=O)CCC1=O. The van der Waals surface area contributed by atoms with E-state index in [9.17, 15) is 47.6 Å². The molecule has 0 spiro atoms. The quantitative estimate of drug-likeness (QED) is 0.0311. The highest BCUT2D eigenvalue weighted by molar-refractivity contribution is 7.85. The summed E-state index contributed by atoms with van der Waals surface area (Å²) in [7, 11) is -4.78. The van der Waals surface area contributed by atoms with Crippen molar-refractivity contribution in [2.24, 2.45) is 0 Å². The minimum atomic E-state index is -4.78. The first-order valence-electron chi connectivity index (χ1n) is 20.1. The van der Waals surface area contributed by atoms with Gasteiger partial charge in [-0.1, -0.05) is 42.0 Å². The molecule has 62 heavy (non-hydrogen) atoms. The topological polar surface area (TPSA) is 215 Å². The van der Waals surface area contributed by atoms with E-state index >= 15 is 0 Å². The van der Waals surface area contributed by atoms with Gasteiger partial charge in [-0.2, -0.15) is 4.58 Å². The molecule has 0 aliphatic carbocycles. The molecule has 0 aromatic heterocycles. The van der Waals surface area contributed by atoms with Gasteiger partial charge in [0.2, 0.25) is 5.69 Å². The van der Waals surface area contributed by atoms with Gasteiger partial charge in [-0.3, -0.25) is 34.7 Å². The van der Waals surface area contributed by atoms with Crippen LogP contribution in [0, 0.1) is 27.2 Å². The third kappa shape index (κ3) is 9.54. The first kappa shape index (κ1) is 45.1. The lowest BCUT2D eigenvalue weighted by atomic mass is 9.81. The highest BCUT2D eigenvalue weighted by Crippen LogP contribution is 2.42. The van der Waals surface area contributed by atoms with Crippen LogP contribution in [0.4, 0.5) is 22.7 Å². The number of hydroxylamine groups is 2. The lowest BCUT2D eigenvalue weighted by Crippen LogP contribution is -3.03. The number of quaternary nitrogens is 1. The van der Waals surface area contributed by atoms with Gasteiger partial charge in [-0.05, 0) is 71.7 Å². The number of aryl methyl sites for hydroxylation is 1. The van der Waals surface area contributed by atoms with Crippen molar-refractivity contribution in [3.63, 3.8) is 0 Å². The fraction of sp³-hybridized carbons (Fsp3) is 0.333. The van der Waals surface area contributed by atoms with Crippen LogP contribution in [-0.4, -0.2) is 62.5 Å². The largest absolute Gasteiger partial charge is 0.744 e. The van der Waals surface area contributed by atoms with Gasteiger partial charge < -0.3 is 9.39 Å². The summed E-state index contributed by atoms with van der Waals surface area (Å²) in [5.74, 6) is -1.62. The Labute approximate surface area is 359 Å². The number of fused-ring (bicyclic) bond motifs is 2. The number of allylic oxidation sites excluding steroid dienone is 8. The summed E-state index contributed by atoms with van der Waals surface area (Å²) in [5, 5.41) is 23.9. The fourth-order valence-electron chi connectivity index (χ4n) is 8.34. The maximum absolute atomic E-state index is 12.3. The number of nitro groups is 2. The highest BCUT2D eigenvalue weighted by Gasteiger charge is 2.46. The summed E-state index contributed by atoms with van der Waals surface area (Å²) in [6, 6.07) is 13.9. The molecule has 1 atom stereocenters. The van der Waals surface area contributed by atoms with Crippen LogP contribution in [0.5, 0.6) is 0 Å². The van der Waals surface area contributed by atoms with Crippen molar-refractivity contribution >= 4 is 56.4 Å². The van der Waals surface area contributed by atoms with E-state index in [0.29, 0.717) is 39.7 Å². The Hall–Kier alpha value is -6.43. The van der Waals surface area contributed by atoms with Gasteiger partial charge in [-0.15, -0.1) is 5.06 Å². The van der Waals surface area contributed by atoms with Crippen molar-refractivity contribution in [3.05, 3.63) is 145 Å². The monoisotopic (exact) mass is 866 g/mol. The lowest BCUT2D eigenvalue weighted by Gasteiger charge is -2.21. The number of hydrogen-bond donors (Lipinski definition) is 1. The van der Waals surface area contributed by atoms with E-state index in [4.69, 9.17) is 4.84 Å². The number of benzene rings is 3. The Morgan fingerprint density at radius 1 is 0.839 bits per heavy atom. The van der Waals surface area contributed by atoms with Crippen LogP contribution < -0.4 is 4.90 Å². The third-order valence-electron chi connectivity index (χ3n) is 11.5. The summed E-state index contributed by atoms with van der Waals surface area (Å²) < 4.78 is 38.3. The first-order chi connectivity index (χ1) is 29.2. The van der Waals surface area contributed by atoms with E-state index in [0.717, 1.165) is 41.6 Å². The van der Waals surface area contributed by atoms with Gasteiger partial charge in [0.15, 0.2) is 5.71 Å². The van der Waals surface area contributed by atoms with Gasteiger partial charge in [0.05, 0.1) is 31.6 Å². The number of nitrogens with one attached hydrogen (secondary N) is 1. The number of imide groups is 1. The molecule has 2 amide bonds. The molecule has 16 nitrogen and oxygen atoms in total. The van der Waals surface area contributed by atoms with Gasteiger partial charge in [-0.25, -0.2) is 13.2 Å². The normalized spacial score (nSPS) is 18.8. The van der Waals surface area contributed by atoms with E-state index in [-0.39, 0.29) is 31.2 Å². The molecular weight excluding hydrogens is 819 g/mol. The number of nitro benzene ring substituents is 2. The molecule has 3 aliphatic heterocycles. The van der Waals surface area contributed by atoms with Crippen LogP contribution in [0.25, 0.3) is 0 Å². The Bertz CT molecular complexity index is 2590. The minimum Gasteiger partial charge on any atom is -0.744 e. The molecule has 1 fully saturated rings. The predicted octanol–water partition coefficient (Wildman–Crippen LogP) is 6.52. The Balaban J connectivity index is 1.20. The van der Waals surface area contributed by atoms with Crippen LogP contribution in [0.1, 0.15) is 88.5 Å². The molecule has 0 bridgehead atoms. The second-order valence-corrected chi connectivity index (χ2v) is 17.9. The number of carbonyl (C=O) groups excluding carboxylic acids is 3. The fourth-order valence-corrected chi connectivity index (χ4v) is 8.84. The van der Waals surface area contributed by atoms with Crippen molar-refractivity contribution in [1.29, 1.82) is 0 Å². The maximum Gasteiger partial charge on any atom is 0.333 e. The highest BCUT2D eigenvalue weighted by atomic mass is 32.2. The predicted molar refractivity (Wildman–Crippen MR) is 227 cm³/mol. The molecule has 3 heterocycles. The first-order valence-corrected chi connectivity index (χ1v) is 21.6. The summed E-state index contributed by atoms with van der Waals surface area (Å²) in [6.07, 6.45) is 15.4. The van der Waals surface area contributed by atoms with E-state index in [1.807, 2.05) is 50.3 Å². The van der Waals surface area contributed by atoms with E-state index in [1.54, 1.807) is 0 Å². The van der Waals surface area contributed by atoms with Crippen molar-refractivity contribution in [2.75, 3.05) is 6.54 Å². The number of rotatable bonds is 16. The molecule has 0 saturated carbocycles. The third-order valence-corrected chi connectivity index (χ3v) is 12.3. The molecule has 3 aromatic carbocycles. The Morgan fingerprint density at radius 2 is 1.48 bits per heavy atom. The second-order valence-electron chi connectivity index (χ2n) is 16.6. The van der Waals surface area contributed by atoms with Gasteiger partial charge >= 0.3 is 5.97 Å². The number of amides is 2. The maximum atomic E-state index is 12.3. The van der Waals surface area contributed by atoms with Gasteiger partial charge in [0, 0.05) is 72.7 Å². The molecule has 6 rings (SSSR count). The van der Waals surface area contributed by atoms with E-state index < -0.39 is 59.4 Å². The smallest absolute Gasteiger partial charge is 0.333 e. The number of unbranched alkanes of at least 4 members (excludes halogenated alkanes) is 2. The zero-order chi connectivity index (χ0) is 45.1. The summed E-state index contributed by atoms with van der Waals surface area (Å²) in [6.45, 7) is 10.9. The standard InChI is InChI=1S/C45H47N5O11S/c1-30-17-19-37-35(24-30)44(2,3)39(46(37)23-13-9-12-16-43(53)61-48-41(51)21-22-42(48)52)14-10-7-6-8-11-15-40-45(4,5)36-28-34(62(58,59)60)18-20-38(36)47(40)29-31-25-32(49(54)55)27-33(26-31)50(56)57/h6-8,10-11,14-15,17-20,24-28H,9,12-13,16,21-23,29H2,1-5H3/p+1. The Morgan fingerprint density at radius 3 is 2.13 bits per heavy atom. The number of nitrogens with zero attached hydrogens (tertiary/aromatic N) is 4. The lowest BCUT2D eigenvalue weighted by molar-refractivity contribution is -0.804. The molecule has 3 aliphatic rings. The zero-order valence-electron chi connectivity index (χ0n) is 35.1. The second kappa shape index (κ2) is 17.9. The molecule has 17 heteroatoms. The van der Waals surface area contributed by atoms with E-state index in [1.165, 1.54) is 35.9 Å². The molecule has 0 radical (unpaired) electrons. The van der Waals surface area contributed by atoms with Crippen molar-refractivity contribution in [3.8, 4) is 0 Å². The van der Waals surface area contributed by atoms with Crippen LogP contribution in [0.15, 0.2) is 108 Å². The molecular formula is C45H48N5O11S+.